The van der Waals surface area contributed by atoms with Gasteiger partial charge in [0.1, 0.15) is 0 Å². The summed E-state index contributed by atoms with van der Waals surface area (Å²) < 4.78 is 32.1. The van der Waals surface area contributed by atoms with Crippen molar-refractivity contribution in [3.05, 3.63) is 29.8 Å². The van der Waals surface area contributed by atoms with Gasteiger partial charge in [-0.25, -0.2) is 8.42 Å². The number of hydrogen-bond donors (Lipinski definition) is 1. The molecular weight excluding hydrogens is 400 g/mol. The lowest BCUT2D eigenvalue weighted by atomic mass is 9.49. The van der Waals surface area contributed by atoms with Gasteiger partial charge in [0.05, 0.1) is 18.1 Å². The first-order chi connectivity index (χ1) is 14.4. The van der Waals surface area contributed by atoms with Crippen molar-refractivity contribution in [2.24, 2.45) is 23.2 Å². The zero-order chi connectivity index (χ0) is 20.8. The van der Waals surface area contributed by atoms with Crippen LogP contribution in [0.1, 0.15) is 55.3 Å². The van der Waals surface area contributed by atoms with E-state index in [4.69, 9.17) is 4.74 Å². The first-order valence-electron chi connectivity index (χ1n) is 11.4. The van der Waals surface area contributed by atoms with E-state index < -0.39 is 10.0 Å². The van der Waals surface area contributed by atoms with Crippen LogP contribution in [0.2, 0.25) is 0 Å². The molecule has 164 valence electrons. The van der Waals surface area contributed by atoms with E-state index in [-0.39, 0.29) is 10.8 Å². The van der Waals surface area contributed by atoms with Gasteiger partial charge in [0.2, 0.25) is 10.0 Å². The van der Waals surface area contributed by atoms with Crippen molar-refractivity contribution in [1.82, 2.24) is 9.62 Å². The summed E-state index contributed by atoms with van der Waals surface area (Å²) in [5.74, 6) is 2.66. The summed E-state index contributed by atoms with van der Waals surface area (Å²) in [6, 6.07) is 6.32. The van der Waals surface area contributed by atoms with Gasteiger partial charge in [-0.1, -0.05) is 0 Å². The Morgan fingerprint density at radius 2 is 1.57 bits per heavy atom. The SMILES string of the molecule is O=C(NCCC12CC3CC(CC(C3)C1)C2)c1ccc(S(=O)(=O)N2CCOCC2)cc1. The Hall–Kier alpha value is -1.44. The van der Waals surface area contributed by atoms with Crippen molar-refractivity contribution in [1.29, 1.82) is 0 Å². The smallest absolute Gasteiger partial charge is 0.251 e. The minimum absolute atomic E-state index is 0.116. The van der Waals surface area contributed by atoms with Crippen molar-refractivity contribution < 1.29 is 17.9 Å². The molecule has 6 rings (SSSR count). The van der Waals surface area contributed by atoms with Crippen LogP contribution in [0.4, 0.5) is 0 Å². The number of nitrogens with zero attached hydrogens (tertiary/aromatic N) is 1. The van der Waals surface area contributed by atoms with Gasteiger partial charge in [-0.15, -0.1) is 0 Å². The van der Waals surface area contributed by atoms with E-state index in [1.807, 2.05) is 0 Å². The summed E-state index contributed by atoms with van der Waals surface area (Å²) in [6.45, 7) is 2.29. The Labute approximate surface area is 179 Å². The quantitative estimate of drug-likeness (QED) is 0.750. The molecule has 5 fully saturated rings. The van der Waals surface area contributed by atoms with Crippen LogP contribution in [0.25, 0.3) is 0 Å². The van der Waals surface area contributed by atoms with Crippen LogP contribution in [0.5, 0.6) is 0 Å². The first kappa shape index (κ1) is 20.5. The highest BCUT2D eigenvalue weighted by Gasteiger charge is 2.50. The highest BCUT2D eigenvalue weighted by atomic mass is 32.2. The number of rotatable bonds is 6. The minimum atomic E-state index is -3.53. The molecule has 7 heteroatoms. The third-order valence-electron chi connectivity index (χ3n) is 7.83. The number of amides is 1. The van der Waals surface area contributed by atoms with Crippen molar-refractivity contribution in [2.45, 2.75) is 49.8 Å². The van der Waals surface area contributed by atoms with E-state index >= 15 is 0 Å². The van der Waals surface area contributed by atoms with Crippen LogP contribution < -0.4 is 5.32 Å². The van der Waals surface area contributed by atoms with E-state index in [0.717, 1.165) is 24.2 Å². The lowest BCUT2D eigenvalue weighted by molar-refractivity contribution is -0.0564. The molecule has 0 radical (unpaired) electrons. The van der Waals surface area contributed by atoms with Crippen LogP contribution in [0, 0.1) is 23.2 Å². The number of carbonyl (C=O) groups excluding carboxylic acids is 1. The number of ether oxygens (including phenoxy) is 1. The summed E-state index contributed by atoms with van der Waals surface area (Å²) in [7, 11) is -3.53. The van der Waals surface area contributed by atoms with Crippen LogP contribution in [0.3, 0.4) is 0 Å². The van der Waals surface area contributed by atoms with Crippen LogP contribution in [-0.4, -0.2) is 51.5 Å². The molecule has 4 bridgehead atoms. The maximum absolute atomic E-state index is 12.7. The van der Waals surface area contributed by atoms with Gasteiger partial charge in [0, 0.05) is 25.2 Å². The second kappa shape index (κ2) is 7.92. The van der Waals surface area contributed by atoms with E-state index in [9.17, 15) is 13.2 Å². The molecule has 4 aliphatic carbocycles. The lowest BCUT2D eigenvalue weighted by Crippen LogP contribution is -2.47. The Bertz CT molecular complexity index is 855. The van der Waals surface area contributed by atoms with Gasteiger partial charge < -0.3 is 10.1 Å². The third kappa shape index (κ3) is 3.92. The predicted molar refractivity (Wildman–Crippen MR) is 114 cm³/mol. The maximum Gasteiger partial charge on any atom is 0.251 e. The maximum atomic E-state index is 12.7. The second-order valence-corrected chi connectivity index (χ2v) is 11.9. The molecule has 1 aromatic rings. The molecule has 0 atom stereocenters. The van der Waals surface area contributed by atoms with E-state index in [1.54, 1.807) is 24.3 Å². The largest absolute Gasteiger partial charge is 0.379 e. The molecule has 0 unspecified atom stereocenters. The van der Waals surface area contributed by atoms with Gasteiger partial charge >= 0.3 is 0 Å². The fourth-order valence-electron chi connectivity index (χ4n) is 6.85. The summed E-state index contributed by atoms with van der Waals surface area (Å²) in [5, 5.41) is 3.08. The van der Waals surface area contributed by atoms with Crippen molar-refractivity contribution in [2.75, 3.05) is 32.8 Å². The zero-order valence-electron chi connectivity index (χ0n) is 17.5. The van der Waals surface area contributed by atoms with E-state index in [2.05, 4.69) is 5.32 Å². The molecule has 1 amide bonds. The molecule has 1 aromatic carbocycles. The van der Waals surface area contributed by atoms with E-state index in [1.165, 1.54) is 42.8 Å². The summed E-state index contributed by atoms with van der Waals surface area (Å²) in [4.78, 5) is 12.8. The molecule has 30 heavy (non-hydrogen) atoms. The number of morpholine rings is 1. The number of carbonyl (C=O) groups is 1. The van der Waals surface area contributed by atoms with Crippen LogP contribution >= 0.6 is 0 Å². The van der Waals surface area contributed by atoms with Crippen LogP contribution in [-0.2, 0) is 14.8 Å². The second-order valence-electron chi connectivity index (χ2n) is 9.96. The van der Waals surface area contributed by atoms with Crippen molar-refractivity contribution in [3.8, 4) is 0 Å². The molecular formula is C23H32N2O4S. The molecule has 1 aliphatic heterocycles. The minimum Gasteiger partial charge on any atom is -0.379 e. The van der Waals surface area contributed by atoms with Gasteiger partial charge in [-0.3, -0.25) is 4.79 Å². The summed E-state index contributed by atoms with van der Waals surface area (Å²) in [6.07, 6.45) is 9.43. The third-order valence-corrected chi connectivity index (χ3v) is 9.74. The van der Waals surface area contributed by atoms with Crippen molar-refractivity contribution in [3.63, 3.8) is 0 Å². The Morgan fingerprint density at radius 3 is 2.13 bits per heavy atom. The van der Waals surface area contributed by atoms with Crippen molar-refractivity contribution >= 4 is 15.9 Å². The highest BCUT2D eigenvalue weighted by Crippen LogP contribution is 2.61. The molecule has 5 aliphatic rings. The molecule has 1 saturated heterocycles. The molecule has 6 nitrogen and oxygen atoms in total. The fraction of sp³-hybridized carbons (Fsp3) is 0.696. The van der Waals surface area contributed by atoms with Crippen LogP contribution in [0.15, 0.2) is 29.2 Å². The Morgan fingerprint density at radius 1 is 1.00 bits per heavy atom. The van der Waals surface area contributed by atoms with Gasteiger partial charge in [0.15, 0.2) is 0 Å². The molecule has 1 N–H and O–H groups in total. The summed E-state index contributed by atoms with van der Waals surface area (Å²) in [5.41, 5.74) is 0.972. The normalized spacial score (nSPS) is 33.5. The average Bonchev–Trinajstić information content (AvgIpc) is 2.73. The zero-order valence-corrected chi connectivity index (χ0v) is 18.3. The topological polar surface area (TPSA) is 75.7 Å². The fourth-order valence-corrected chi connectivity index (χ4v) is 8.26. The highest BCUT2D eigenvalue weighted by molar-refractivity contribution is 7.89. The van der Waals surface area contributed by atoms with Gasteiger partial charge in [-0.05, 0) is 92.4 Å². The number of hydrogen-bond acceptors (Lipinski definition) is 4. The number of nitrogens with one attached hydrogen (secondary N) is 1. The Balaban J connectivity index is 1.17. The number of benzene rings is 1. The van der Waals surface area contributed by atoms with E-state index in [0.29, 0.717) is 43.8 Å². The number of sulfonamides is 1. The van der Waals surface area contributed by atoms with Gasteiger partial charge in [0.25, 0.3) is 5.91 Å². The molecule has 0 aromatic heterocycles. The lowest BCUT2D eigenvalue weighted by Gasteiger charge is -2.57. The molecule has 1 heterocycles. The molecule has 0 spiro atoms. The Kier molecular flexibility index (Phi) is 5.40. The standard InChI is InChI=1S/C23H32N2O4S/c26-22(24-6-5-23-14-17-11-18(15-23)13-19(12-17)16-23)20-1-3-21(4-2-20)30(27,28)25-7-9-29-10-8-25/h1-4,17-19H,5-16H2,(H,24,26). The molecule has 4 saturated carbocycles. The predicted octanol–water partition coefficient (Wildman–Crippen LogP) is 3.04. The summed E-state index contributed by atoms with van der Waals surface area (Å²) >= 11 is 0. The average molecular weight is 433 g/mol. The monoisotopic (exact) mass is 432 g/mol. The van der Waals surface area contributed by atoms with Gasteiger partial charge in [-0.2, -0.15) is 4.31 Å². The first-order valence-corrected chi connectivity index (χ1v) is 12.8.